The highest BCUT2D eigenvalue weighted by atomic mass is 19.1. The molecule has 2 aromatic heterocycles. The molecule has 0 saturated carbocycles. The van der Waals surface area contributed by atoms with Gasteiger partial charge in [0.2, 0.25) is 0 Å². The standard InChI is InChI=1S/C24H22FN5O2/c1-16(2)23-26-12-13-29(23)15-17-4-3-5-19(14-17)27-24(32)21-10-11-22(31)30(28-21)20-8-6-18(25)7-9-20/h3-14,16H,15H2,1-2H3,(H,27,32). The molecule has 0 atom stereocenters. The lowest BCUT2D eigenvalue weighted by Crippen LogP contribution is -2.24. The Hall–Kier alpha value is -4.07. The lowest BCUT2D eigenvalue weighted by molar-refractivity contribution is 0.102. The van der Waals surface area contributed by atoms with Crippen molar-refractivity contribution in [2.45, 2.75) is 26.3 Å². The smallest absolute Gasteiger partial charge is 0.276 e. The van der Waals surface area contributed by atoms with Crippen molar-refractivity contribution in [2.24, 2.45) is 0 Å². The lowest BCUT2D eigenvalue weighted by Gasteiger charge is -2.12. The average molecular weight is 431 g/mol. The van der Waals surface area contributed by atoms with Gasteiger partial charge in [0, 0.05) is 36.6 Å². The average Bonchev–Trinajstić information content (AvgIpc) is 3.23. The number of anilines is 1. The number of halogens is 1. The number of hydrogen-bond donors (Lipinski definition) is 1. The zero-order valence-corrected chi connectivity index (χ0v) is 17.7. The number of rotatable bonds is 6. The van der Waals surface area contributed by atoms with Crippen LogP contribution in [0.3, 0.4) is 0 Å². The maximum atomic E-state index is 13.2. The molecule has 0 unspecified atom stereocenters. The lowest BCUT2D eigenvalue weighted by atomic mass is 10.1. The Morgan fingerprint density at radius 1 is 1.09 bits per heavy atom. The molecule has 0 aliphatic carbocycles. The Balaban J connectivity index is 1.54. The van der Waals surface area contributed by atoms with Crippen LogP contribution in [0.4, 0.5) is 10.1 Å². The Bertz CT molecular complexity index is 1310. The number of imidazole rings is 1. The Morgan fingerprint density at radius 2 is 1.88 bits per heavy atom. The van der Waals surface area contributed by atoms with Gasteiger partial charge in [-0.25, -0.2) is 9.37 Å². The van der Waals surface area contributed by atoms with Crippen LogP contribution in [0.1, 0.15) is 41.6 Å². The van der Waals surface area contributed by atoms with Crippen molar-refractivity contribution < 1.29 is 9.18 Å². The molecule has 0 saturated heterocycles. The first-order valence-electron chi connectivity index (χ1n) is 10.2. The van der Waals surface area contributed by atoms with Gasteiger partial charge in [0.1, 0.15) is 17.3 Å². The van der Waals surface area contributed by atoms with Crippen molar-refractivity contribution >= 4 is 11.6 Å². The van der Waals surface area contributed by atoms with Gasteiger partial charge in [-0.15, -0.1) is 0 Å². The van der Waals surface area contributed by atoms with Gasteiger partial charge >= 0.3 is 0 Å². The third-order valence-corrected chi connectivity index (χ3v) is 4.91. The molecule has 4 aromatic rings. The fourth-order valence-corrected chi connectivity index (χ4v) is 3.39. The summed E-state index contributed by atoms with van der Waals surface area (Å²) in [6.45, 7) is 4.81. The molecule has 0 bridgehead atoms. The number of aromatic nitrogens is 4. The van der Waals surface area contributed by atoms with Crippen LogP contribution in [0.25, 0.3) is 5.69 Å². The van der Waals surface area contributed by atoms with Crippen LogP contribution < -0.4 is 10.9 Å². The van der Waals surface area contributed by atoms with Gasteiger partial charge in [-0.3, -0.25) is 9.59 Å². The maximum Gasteiger partial charge on any atom is 0.276 e. The minimum absolute atomic E-state index is 0.0658. The number of benzene rings is 2. The van der Waals surface area contributed by atoms with E-state index in [0.29, 0.717) is 23.8 Å². The van der Waals surface area contributed by atoms with Gasteiger partial charge in [0.25, 0.3) is 11.5 Å². The predicted molar refractivity (Wildman–Crippen MR) is 120 cm³/mol. The summed E-state index contributed by atoms with van der Waals surface area (Å²) in [6, 6.07) is 15.4. The van der Waals surface area contributed by atoms with E-state index < -0.39 is 17.3 Å². The number of hydrogen-bond acceptors (Lipinski definition) is 4. The molecule has 1 N–H and O–H groups in total. The summed E-state index contributed by atoms with van der Waals surface area (Å²) in [4.78, 5) is 29.4. The molecule has 1 amide bonds. The van der Waals surface area contributed by atoms with Crippen molar-refractivity contribution in [1.82, 2.24) is 19.3 Å². The number of amides is 1. The molecule has 0 radical (unpaired) electrons. The zero-order chi connectivity index (χ0) is 22.7. The fourth-order valence-electron chi connectivity index (χ4n) is 3.39. The summed E-state index contributed by atoms with van der Waals surface area (Å²) >= 11 is 0. The summed E-state index contributed by atoms with van der Waals surface area (Å²) in [6.07, 6.45) is 3.71. The van der Waals surface area contributed by atoms with E-state index >= 15 is 0 Å². The van der Waals surface area contributed by atoms with Gasteiger partial charge in [0.15, 0.2) is 0 Å². The molecule has 8 heteroatoms. The van der Waals surface area contributed by atoms with Crippen LogP contribution in [-0.4, -0.2) is 25.2 Å². The molecule has 2 aromatic carbocycles. The number of carbonyl (C=O) groups excluding carboxylic acids is 1. The molecule has 162 valence electrons. The van der Waals surface area contributed by atoms with E-state index in [1.54, 1.807) is 12.3 Å². The van der Waals surface area contributed by atoms with Gasteiger partial charge in [0.05, 0.1) is 5.69 Å². The monoisotopic (exact) mass is 431 g/mol. The summed E-state index contributed by atoms with van der Waals surface area (Å²) in [7, 11) is 0. The largest absolute Gasteiger partial charge is 0.330 e. The molecule has 0 spiro atoms. The molecule has 2 heterocycles. The second-order valence-electron chi connectivity index (χ2n) is 7.67. The van der Waals surface area contributed by atoms with Gasteiger partial charge in [-0.05, 0) is 48.0 Å². The molecule has 4 rings (SSSR count). The van der Waals surface area contributed by atoms with E-state index in [-0.39, 0.29) is 5.69 Å². The molecule has 32 heavy (non-hydrogen) atoms. The molecule has 0 aliphatic heterocycles. The highest BCUT2D eigenvalue weighted by Crippen LogP contribution is 2.17. The van der Waals surface area contributed by atoms with E-state index in [9.17, 15) is 14.0 Å². The summed E-state index contributed by atoms with van der Waals surface area (Å²) < 4.78 is 16.3. The number of nitrogens with one attached hydrogen (secondary N) is 1. The minimum atomic E-state index is -0.455. The van der Waals surface area contributed by atoms with Crippen LogP contribution in [0.15, 0.2) is 77.9 Å². The van der Waals surface area contributed by atoms with Crippen LogP contribution in [0, 0.1) is 5.82 Å². The quantitative estimate of drug-likeness (QED) is 0.500. The van der Waals surface area contributed by atoms with E-state index in [4.69, 9.17) is 0 Å². The first kappa shape index (κ1) is 21.2. The van der Waals surface area contributed by atoms with Crippen molar-refractivity contribution in [3.8, 4) is 5.69 Å². The van der Waals surface area contributed by atoms with Crippen LogP contribution in [0.2, 0.25) is 0 Å². The van der Waals surface area contributed by atoms with Crippen LogP contribution >= 0.6 is 0 Å². The third kappa shape index (κ3) is 4.64. The predicted octanol–water partition coefficient (Wildman–Crippen LogP) is 3.99. The van der Waals surface area contributed by atoms with E-state index in [0.717, 1.165) is 16.1 Å². The van der Waals surface area contributed by atoms with E-state index in [1.807, 2.05) is 24.4 Å². The van der Waals surface area contributed by atoms with Crippen molar-refractivity contribution in [1.29, 1.82) is 0 Å². The molecule has 0 aliphatic rings. The van der Waals surface area contributed by atoms with Gasteiger partial charge in [-0.2, -0.15) is 9.78 Å². The zero-order valence-electron chi connectivity index (χ0n) is 17.7. The fraction of sp³-hybridized carbons (Fsp3) is 0.167. The number of carbonyl (C=O) groups is 1. The van der Waals surface area contributed by atoms with Crippen molar-refractivity contribution in [3.05, 3.63) is 106 Å². The van der Waals surface area contributed by atoms with E-state index in [1.165, 1.54) is 36.4 Å². The first-order chi connectivity index (χ1) is 15.4. The van der Waals surface area contributed by atoms with Gasteiger partial charge in [-0.1, -0.05) is 26.0 Å². The van der Waals surface area contributed by atoms with Gasteiger partial charge < -0.3 is 9.88 Å². The normalized spacial score (nSPS) is 11.0. The second kappa shape index (κ2) is 8.97. The molecular formula is C24H22FN5O2. The summed E-state index contributed by atoms with van der Waals surface area (Å²) in [5, 5.41) is 6.96. The maximum absolute atomic E-state index is 13.2. The topological polar surface area (TPSA) is 81.8 Å². The van der Waals surface area contributed by atoms with E-state index in [2.05, 4.69) is 33.8 Å². The van der Waals surface area contributed by atoms with Crippen molar-refractivity contribution in [3.63, 3.8) is 0 Å². The Morgan fingerprint density at radius 3 is 2.62 bits per heavy atom. The molecular weight excluding hydrogens is 409 g/mol. The van der Waals surface area contributed by atoms with Crippen LogP contribution in [-0.2, 0) is 6.54 Å². The molecule has 0 fully saturated rings. The highest BCUT2D eigenvalue weighted by Gasteiger charge is 2.12. The second-order valence-corrected chi connectivity index (χ2v) is 7.67. The number of nitrogens with zero attached hydrogens (tertiary/aromatic N) is 4. The Kier molecular flexibility index (Phi) is 5.93. The summed E-state index contributed by atoms with van der Waals surface area (Å²) in [5.41, 5.74) is 1.63. The third-order valence-electron chi connectivity index (χ3n) is 4.91. The SMILES string of the molecule is CC(C)c1nccn1Cc1cccc(NC(=O)c2ccc(=O)n(-c3ccc(F)cc3)n2)c1. The van der Waals surface area contributed by atoms with Crippen molar-refractivity contribution in [2.75, 3.05) is 5.32 Å². The molecule has 7 nitrogen and oxygen atoms in total. The first-order valence-corrected chi connectivity index (χ1v) is 10.2. The summed E-state index contributed by atoms with van der Waals surface area (Å²) in [5.74, 6) is 0.415. The van der Waals surface area contributed by atoms with Crippen LogP contribution in [0.5, 0.6) is 0 Å². The minimum Gasteiger partial charge on any atom is -0.330 e. The Labute approximate surface area is 184 Å². The highest BCUT2D eigenvalue weighted by molar-refractivity contribution is 6.02.